The Morgan fingerprint density at radius 2 is 1.87 bits per heavy atom. The first-order valence-electron chi connectivity index (χ1n) is 9.29. The largest absolute Gasteiger partial charge is 0.433 e. The number of carbonyl (C=O) groups is 1. The molecule has 4 aromatic rings. The molecule has 1 aromatic carbocycles. The molecule has 0 saturated heterocycles. The number of aryl methyl sites for hydroxylation is 2. The van der Waals surface area contributed by atoms with Crippen molar-refractivity contribution in [2.24, 2.45) is 5.73 Å². The minimum Gasteiger partial charge on any atom is -0.369 e. The summed E-state index contributed by atoms with van der Waals surface area (Å²) in [5.74, 6) is -2.45. The number of benzene rings is 1. The van der Waals surface area contributed by atoms with Crippen LogP contribution in [0.3, 0.4) is 0 Å². The molecule has 6 nitrogen and oxygen atoms in total. The molecule has 0 radical (unpaired) electrons. The van der Waals surface area contributed by atoms with Crippen LogP contribution in [0, 0.1) is 0 Å². The lowest BCUT2D eigenvalue weighted by Gasteiger charge is -2.11. The number of thiazole rings is 1. The van der Waals surface area contributed by atoms with Gasteiger partial charge in [-0.05, 0) is 48.2 Å². The highest BCUT2D eigenvalue weighted by Gasteiger charge is 2.35. The van der Waals surface area contributed by atoms with Crippen LogP contribution in [0.5, 0.6) is 0 Å². The number of fused-ring (bicyclic) bond motifs is 1. The zero-order valence-corrected chi connectivity index (χ0v) is 16.8. The molecule has 1 amide bonds. The third kappa shape index (κ3) is 4.69. The number of carbonyl (C=O) groups excluding carboxylic acids is 1. The first-order chi connectivity index (χ1) is 14.8. The van der Waals surface area contributed by atoms with Gasteiger partial charge >= 0.3 is 6.18 Å². The molecular weight excluding hydrogens is 427 g/mol. The Morgan fingerprint density at radius 3 is 2.58 bits per heavy atom. The monoisotopic (exact) mass is 443 g/mol. The van der Waals surface area contributed by atoms with Crippen LogP contribution in [0.4, 0.5) is 13.2 Å². The van der Waals surface area contributed by atoms with Crippen LogP contribution in [0.15, 0.2) is 55.0 Å². The van der Waals surface area contributed by atoms with Crippen molar-refractivity contribution in [1.82, 2.24) is 19.9 Å². The molecule has 0 aliphatic carbocycles. The highest BCUT2D eigenvalue weighted by atomic mass is 32.1. The van der Waals surface area contributed by atoms with Gasteiger partial charge in [0.25, 0.3) is 0 Å². The number of halogens is 3. The van der Waals surface area contributed by atoms with Crippen LogP contribution in [-0.4, -0.2) is 25.8 Å². The zero-order valence-electron chi connectivity index (χ0n) is 16.0. The van der Waals surface area contributed by atoms with Gasteiger partial charge in [0.1, 0.15) is 22.4 Å². The molecule has 0 bridgehead atoms. The molecule has 1 atom stereocenters. The predicted molar refractivity (Wildman–Crippen MR) is 109 cm³/mol. The van der Waals surface area contributed by atoms with E-state index in [2.05, 4.69) is 19.9 Å². The van der Waals surface area contributed by atoms with E-state index < -0.39 is 23.7 Å². The van der Waals surface area contributed by atoms with Gasteiger partial charge < -0.3 is 5.73 Å². The number of alkyl halides is 3. The first-order valence-corrected chi connectivity index (χ1v) is 10.1. The smallest absolute Gasteiger partial charge is 0.369 e. The zero-order chi connectivity index (χ0) is 22.0. The Kier molecular flexibility index (Phi) is 5.64. The average molecular weight is 443 g/mol. The van der Waals surface area contributed by atoms with Crippen molar-refractivity contribution in [3.05, 3.63) is 82.6 Å². The molecule has 31 heavy (non-hydrogen) atoms. The fourth-order valence-corrected chi connectivity index (χ4v) is 4.27. The van der Waals surface area contributed by atoms with Crippen LogP contribution in [-0.2, 0) is 23.8 Å². The predicted octanol–water partition coefficient (Wildman–Crippen LogP) is 3.90. The molecule has 0 aliphatic rings. The maximum absolute atomic E-state index is 13.0. The second-order valence-corrected chi connectivity index (χ2v) is 7.91. The van der Waals surface area contributed by atoms with Gasteiger partial charge in [-0.3, -0.25) is 9.78 Å². The maximum Gasteiger partial charge on any atom is 0.433 e. The van der Waals surface area contributed by atoms with Crippen LogP contribution in [0.1, 0.15) is 33.6 Å². The lowest BCUT2D eigenvalue weighted by molar-refractivity contribution is -0.141. The fourth-order valence-electron chi connectivity index (χ4n) is 3.13. The van der Waals surface area contributed by atoms with Crippen molar-refractivity contribution in [1.29, 1.82) is 0 Å². The van der Waals surface area contributed by atoms with E-state index in [0.717, 1.165) is 40.9 Å². The number of primary amides is 1. The quantitative estimate of drug-likeness (QED) is 0.488. The van der Waals surface area contributed by atoms with E-state index in [9.17, 15) is 18.0 Å². The van der Waals surface area contributed by atoms with Crippen molar-refractivity contribution in [2.75, 3.05) is 0 Å². The minimum absolute atomic E-state index is 0.256. The molecule has 3 aromatic heterocycles. The number of pyridine rings is 1. The number of aromatic nitrogens is 4. The van der Waals surface area contributed by atoms with Crippen molar-refractivity contribution < 1.29 is 18.0 Å². The van der Waals surface area contributed by atoms with Gasteiger partial charge in [0.15, 0.2) is 0 Å². The van der Waals surface area contributed by atoms with Gasteiger partial charge in [0, 0.05) is 18.6 Å². The molecule has 4 rings (SSSR count). The molecule has 0 saturated carbocycles. The molecular formula is C21H16F3N5OS. The Labute approximate surface area is 179 Å². The summed E-state index contributed by atoms with van der Waals surface area (Å²) in [6.07, 6.45) is 1.44. The first kappa shape index (κ1) is 20.9. The summed E-state index contributed by atoms with van der Waals surface area (Å²) in [6.45, 7) is 0. The lowest BCUT2D eigenvalue weighted by Crippen LogP contribution is -2.25. The highest BCUT2D eigenvalue weighted by Crippen LogP contribution is 2.33. The third-order valence-corrected chi connectivity index (χ3v) is 5.73. The Balaban J connectivity index is 1.63. The van der Waals surface area contributed by atoms with E-state index >= 15 is 0 Å². The summed E-state index contributed by atoms with van der Waals surface area (Å²) >= 11 is 1.19. The molecule has 158 valence electrons. The lowest BCUT2D eigenvalue weighted by atomic mass is 10.1. The SMILES string of the molecule is NC(=O)C(c1nccc(C(F)(F)F)n1)c1nc2ccc(CCc3cccnc3)cc2s1. The standard InChI is InChI=1S/C21H16F3N5OS/c22-21(23,24)16-7-9-27-19(29-16)17(18(25)30)20-28-14-6-5-12(10-15(14)31-20)3-4-13-2-1-8-26-11-13/h1-2,5-11,17H,3-4H2,(H2,25,30). The summed E-state index contributed by atoms with van der Waals surface area (Å²) in [5, 5.41) is 0.256. The summed E-state index contributed by atoms with van der Waals surface area (Å²) in [5.41, 5.74) is 7.16. The molecule has 10 heteroatoms. The molecule has 0 fully saturated rings. The Morgan fingerprint density at radius 1 is 1.06 bits per heavy atom. The van der Waals surface area contributed by atoms with Gasteiger partial charge in [-0.25, -0.2) is 15.0 Å². The second-order valence-electron chi connectivity index (χ2n) is 6.85. The average Bonchev–Trinajstić information content (AvgIpc) is 3.15. The third-order valence-electron chi connectivity index (χ3n) is 4.65. The van der Waals surface area contributed by atoms with Gasteiger partial charge in [-0.1, -0.05) is 12.1 Å². The second kappa shape index (κ2) is 8.38. The van der Waals surface area contributed by atoms with Crippen LogP contribution in [0.2, 0.25) is 0 Å². The molecule has 2 N–H and O–H groups in total. The number of nitrogens with two attached hydrogens (primary N) is 1. The van der Waals surface area contributed by atoms with Crippen molar-refractivity contribution in [3.63, 3.8) is 0 Å². The minimum atomic E-state index is -4.66. The normalized spacial score (nSPS) is 12.7. The number of rotatable bonds is 6. The van der Waals surface area contributed by atoms with Crippen LogP contribution >= 0.6 is 11.3 Å². The number of hydrogen-bond donors (Lipinski definition) is 1. The van der Waals surface area contributed by atoms with E-state index in [1.807, 2.05) is 36.5 Å². The molecule has 1 unspecified atom stereocenters. The summed E-state index contributed by atoms with van der Waals surface area (Å²) in [7, 11) is 0. The summed E-state index contributed by atoms with van der Waals surface area (Å²) in [6, 6.07) is 10.3. The molecule has 0 spiro atoms. The fraction of sp³-hybridized carbons (Fsp3) is 0.190. The molecule has 0 aliphatic heterocycles. The van der Waals surface area contributed by atoms with Crippen molar-refractivity contribution in [2.45, 2.75) is 24.9 Å². The molecule has 3 heterocycles. The number of amides is 1. The van der Waals surface area contributed by atoms with Crippen LogP contribution in [0.25, 0.3) is 10.2 Å². The summed E-state index contributed by atoms with van der Waals surface area (Å²) in [4.78, 5) is 28.0. The van der Waals surface area contributed by atoms with Crippen molar-refractivity contribution >= 4 is 27.5 Å². The van der Waals surface area contributed by atoms with E-state index in [1.54, 1.807) is 6.20 Å². The van der Waals surface area contributed by atoms with Gasteiger partial charge in [0.2, 0.25) is 5.91 Å². The maximum atomic E-state index is 13.0. The highest BCUT2D eigenvalue weighted by molar-refractivity contribution is 7.18. The number of nitrogens with zero attached hydrogens (tertiary/aromatic N) is 4. The van der Waals surface area contributed by atoms with Gasteiger partial charge in [-0.2, -0.15) is 13.2 Å². The Hall–Kier alpha value is -3.40. The van der Waals surface area contributed by atoms with Crippen LogP contribution < -0.4 is 5.73 Å². The van der Waals surface area contributed by atoms with E-state index in [0.29, 0.717) is 5.52 Å². The van der Waals surface area contributed by atoms with E-state index in [1.165, 1.54) is 11.3 Å². The van der Waals surface area contributed by atoms with Gasteiger partial charge in [-0.15, -0.1) is 11.3 Å². The topological polar surface area (TPSA) is 94.7 Å². The van der Waals surface area contributed by atoms with Crippen molar-refractivity contribution in [3.8, 4) is 0 Å². The Bertz CT molecular complexity index is 1230. The van der Waals surface area contributed by atoms with E-state index in [-0.39, 0.29) is 10.8 Å². The van der Waals surface area contributed by atoms with Gasteiger partial charge in [0.05, 0.1) is 10.2 Å². The summed E-state index contributed by atoms with van der Waals surface area (Å²) < 4.78 is 39.9. The van der Waals surface area contributed by atoms with E-state index in [4.69, 9.17) is 5.73 Å². The number of hydrogen-bond acceptors (Lipinski definition) is 6.